The lowest BCUT2D eigenvalue weighted by atomic mass is 9.94. The molecule has 1 aliphatic heterocycles. The van der Waals surface area contributed by atoms with Crippen molar-refractivity contribution in [2.75, 3.05) is 0 Å². The lowest BCUT2D eigenvalue weighted by Gasteiger charge is -2.18. The molecule has 0 saturated carbocycles. The highest BCUT2D eigenvalue weighted by molar-refractivity contribution is 5.73. The van der Waals surface area contributed by atoms with Gasteiger partial charge in [-0.25, -0.2) is 0 Å². The third kappa shape index (κ3) is 1.84. The summed E-state index contributed by atoms with van der Waals surface area (Å²) in [6.45, 7) is 1.81. The van der Waals surface area contributed by atoms with Crippen LogP contribution in [-0.4, -0.2) is 5.97 Å². The van der Waals surface area contributed by atoms with E-state index in [1.54, 1.807) is 0 Å². The molecule has 2 heteroatoms. The summed E-state index contributed by atoms with van der Waals surface area (Å²) in [7, 11) is 0. The number of hydrogen-bond donors (Lipinski definition) is 0. The Balaban J connectivity index is 2.28. The van der Waals surface area contributed by atoms with Crippen LogP contribution in [0.3, 0.4) is 0 Å². The van der Waals surface area contributed by atoms with E-state index in [2.05, 4.69) is 0 Å². The molecule has 0 spiro atoms. The quantitative estimate of drug-likeness (QED) is 0.633. The van der Waals surface area contributed by atoms with Crippen molar-refractivity contribution >= 4 is 5.97 Å². The summed E-state index contributed by atoms with van der Waals surface area (Å²) < 4.78 is 4.96. The van der Waals surface area contributed by atoms with Crippen molar-refractivity contribution in [3.63, 3.8) is 0 Å². The number of ether oxygens (including phenoxy) is 1. The molecule has 0 radical (unpaired) electrons. The number of cyclic esters (lactones) is 1. The molecule has 0 saturated heterocycles. The molecule has 72 valence electrons. The Bertz CT molecular complexity index is 365. The molecule has 0 aliphatic carbocycles. The predicted molar refractivity (Wildman–Crippen MR) is 53.6 cm³/mol. The van der Waals surface area contributed by atoms with Crippen molar-refractivity contribution in [2.45, 2.75) is 19.3 Å². The van der Waals surface area contributed by atoms with Crippen LogP contribution in [-0.2, 0) is 9.53 Å². The van der Waals surface area contributed by atoms with Gasteiger partial charge >= 0.3 is 5.97 Å². The summed E-state index contributed by atoms with van der Waals surface area (Å²) in [5.41, 5.74) is 1.17. The van der Waals surface area contributed by atoms with Gasteiger partial charge in [-0.05, 0) is 18.6 Å². The molecule has 1 aromatic carbocycles. The van der Waals surface area contributed by atoms with Crippen molar-refractivity contribution < 1.29 is 9.53 Å². The fourth-order valence-corrected chi connectivity index (χ4v) is 1.69. The first-order chi connectivity index (χ1) is 6.75. The van der Waals surface area contributed by atoms with E-state index in [9.17, 15) is 4.79 Å². The first-order valence-electron chi connectivity index (χ1n) is 4.70. The Labute approximate surface area is 83.2 Å². The average molecular weight is 188 g/mol. The summed E-state index contributed by atoms with van der Waals surface area (Å²) in [5, 5.41) is 0. The second-order valence-electron chi connectivity index (χ2n) is 3.47. The SMILES string of the molecule is CC1=C[C@H](c2ccccc2)CC(=O)O1. The van der Waals surface area contributed by atoms with Gasteiger partial charge < -0.3 is 4.74 Å². The zero-order valence-corrected chi connectivity index (χ0v) is 8.07. The van der Waals surface area contributed by atoms with Gasteiger partial charge in [0.1, 0.15) is 5.76 Å². The van der Waals surface area contributed by atoms with Crippen molar-refractivity contribution in [2.24, 2.45) is 0 Å². The molecule has 0 aromatic heterocycles. The fourth-order valence-electron chi connectivity index (χ4n) is 1.69. The lowest BCUT2D eigenvalue weighted by Crippen LogP contribution is -2.14. The van der Waals surface area contributed by atoms with E-state index in [0.717, 1.165) is 0 Å². The van der Waals surface area contributed by atoms with Crippen LogP contribution in [0, 0.1) is 0 Å². The van der Waals surface area contributed by atoms with Crippen LogP contribution < -0.4 is 0 Å². The van der Waals surface area contributed by atoms with E-state index in [-0.39, 0.29) is 11.9 Å². The summed E-state index contributed by atoms with van der Waals surface area (Å²) >= 11 is 0. The highest BCUT2D eigenvalue weighted by atomic mass is 16.5. The average Bonchev–Trinajstić information content (AvgIpc) is 2.18. The number of rotatable bonds is 1. The lowest BCUT2D eigenvalue weighted by molar-refractivity contribution is -0.140. The third-order valence-electron chi connectivity index (χ3n) is 2.33. The van der Waals surface area contributed by atoms with Crippen LogP contribution in [0.25, 0.3) is 0 Å². The molecule has 14 heavy (non-hydrogen) atoms. The van der Waals surface area contributed by atoms with Crippen LogP contribution in [0.4, 0.5) is 0 Å². The van der Waals surface area contributed by atoms with Crippen LogP contribution in [0.15, 0.2) is 42.2 Å². The third-order valence-corrected chi connectivity index (χ3v) is 2.33. The van der Waals surface area contributed by atoms with Gasteiger partial charge in [-0.3, -0.25) is 4.79 Å². The molecule has 0 bridgehead atoms. The maximum absolute atomic E-state index is 11.2. The predicted octanol–water partition coefficient (Wildman–Crippen LogP) is 2.62. The van der Waals surface area contributed by atoms with Gasteiger partial charge in [-0.1, -0.05) is 30.3 Å². The Morgan fingerprint density at radius 2 is 2.00 bits per heavy atom. The van der Waals surface area contributed by atoms with E-state index in [1.165, 1.54) is 5.56 Å². The van der Waals surface area contributed by atoms with Crippen LogP contribution >= 0.6 is 0 Å². The summed E-state index contributed by atoms with van der Waals surface area (Å²) in [6, 6.07) is 10.0. The first-order valence-corrected chi connectivity index (χ1v) is 4.70. The molecule has 1 atom stereocenters. The van der Waals surface area contributed by atoms with Crippen LogP contribution in [0.5, 0.6) is 0 Å². The summed E-state index contributed by atoms with van der Waals surface area (Å²) in [5.74, 6) is 0.742. The number of carbonyl (C=O) groups excluding carboxylic acids is 1. The van der Waals surface area contributed by atoms with Crippen molar-refractivity contribution in [1.29, 1.82) is 0 Å². The number of allylic oxidation sites excluding steroid dienone is 2. The first kappa shape index (κ1) is 9.00. The van der Waals surface area contributed by atoms with E-state index < -0.39 is 0 Å². The molecule has 1 aliphatic rings. The second-order valence-corrected chi connectivity index (χ2v) is 3.47. The molecule has 2 rings (SSSR count). The molecular formula is C12H12O2. The van der Waals surface area contributed by atoms with Gasteiger partial charge in [0.05, 0.1) is 6.42 Å². The fraction of sp³-hybridized carbons (Fsp3) is 0.250. The van der Waals surface area contributed by atoms with E-state index in [0.29, 0.717) is 12.2 Å². The van der Waals surface area contributed by atoms with Gasteiger partial charge in [-0.2, -0.15) is 0 Å². The minimum atomic E-state index is -0.140. The van der Waals surface area contributed by atoms with Gasteiger partial charge in [0.25, 0.3) is 0 Å². The number of hydrogen-bond acceptors (Lipinski definition) is 2. The molecule has 1 heterocycles. The Morgan fingerprint density at radius 1 is 1.29 bits per heavy atom. The Kier molecular flexibility index (Phi) is 2.35. The molecule has 0 unspecified atom stereocenters. The second kappa shape index (κ2) is 3.66. The Hall–Kier alpha value is -1.57. The van der Waals surface area contributed by atoms with Crippen molar-refractivity contribution in [3.05, 3.63) is 47.7 Å². The number of benzene rings is 1. The van der Waals surface area contributed by atoms with E-state index in [4.69, 9.17) is 4.74 Å². The summed E-state index contributed by atoms with van der Waals surface area (Å²) in [6.07, 6.45) is 2.44. The topological polar surface area (TPSA) is 26.3 Å². The standard InChI is InChI=1S/C12H12O2/c1-9-7-11(8-12(13)14-9)10-5-3-2-4-6-10/h2-7,11H,8H2,1H3/t11-/m0/s1. The van der Waals surface area contributed by atoms with E-state index >= 15 is 0 Å². The highest BCUT2D eigenvalue weighted by Crippen LogP contribution is 2.27. The van der Waals surface area contributed by atoms with Crippen molar-refractivity contribution in [3.8, 4) is 0 Å². The number of carbonyl (C=O) groups is 1. The zero-order chi connectivity index (χ0) is 9.97. The number of esters is 1. The van der Waals surface area contributed by atoms with Crippen LogP contribution in [0.2, 0.25) is 0 Å². The smallest absolute Gasteiger partial charge is 0.311 e. The van der Waals surface area contributed by atoms with Gasteiger partial charge in [0.15, 0.2) is 0 Å². The molecule has 2 nitrogen and oxygen atoms in total. The molecule has 0 fully saturated rings. The van der Waals surface area contributed by atoms with Gasteiger partial charge in [0, 0.05) is 5.92 Å². The van der Waals surface area contributed by atoms with E-state index in [1.807, 2.05) is 43.3 Å². The van der Waals surface area contributed by atoms with Crippen LogP contribution in [0.1, 0.15) is 24.8 Å². The zero-order valence-electron chi connectivity index (χ0n) is 8.07. The minimum absolute atomic E-state index is 0.140. The maximum atomic E-state index is 11.2. The monoisotopic (exact) mass is 188 g/mol. The maximum Gasteiger partial charge on any atom is 0.311 e. The van der Waals surface area contributed by atoms with Gasteiger partial charge in [0.2, 0.25) is 0 Å². The Morgan fingerprint density at radius 3 is 2.64 bits per heavy atom. The normalized spacial score (nSPS) is 21.4. The molecule has 1 aromatic rings. The summed E-state index contributed by atoms with van der Waals surface area (Å²) in [4.78, 5) is 11.2. The molecular weight excluding hydrogens is 176 g/mol. The largest absolute Gasteiger partial charge is 0.432 e. The van der Waals surface area contributed by atoms with Crippen molar-refractivity contribution in [1.82, 2.24) is 0 Å². The molecule has 0 amide bonds. The minimum Gasteiger partial charge on any atom is -0.432 e. The molecule has 0 N–H and O–H groups in total. The van der Waals surface area contributed by atoms with Gasteiger partial charge in [-0.15, -0.1) is 0 Å². The highest BCUT2D eigenvalue weighted by Gasteiger charge is 2.20.